The highest BCUT2D eigenvalue weighted by Crippen LogP contribution is 2.12. The van der Waals surface area contributed by atoms with Crippen LogP contribution in [0.4, 0.5) is 0 Å². The number of hydrogen-bond donors (Lipinski definition) is 2. The van der Waals surface area contributed by atoms with E-state index in [2.05, 4.69) is 18.2 Å². The Morgan fingerprint density at radius 1 is 1.37 bits per heavy atom. The number of unbranched alkanes of at least 4 members (excludes halogenated alkanes) is 1. The molecule has 1 unspecified atom stereocenters. The number of rotatable bonds is 9. The fourth-order valence-electron chi connectivity index (χ4n) is 1.66. The maximum atomic E-state index is 9.74. The van der Waals surface area contributed by atoms with E-state index in [1.54, 1.807) is 0 Å². The summed E-state index contributed by atoms with van der Waals surface area (Å²) in [5.74, 6) is 3.38. The van der Waals surface area contributed by atoms with E-state index in [-0.39, 0.29) is 0 Å². The number of aliphatic hydroxyl groups is 1. The van der Waals surface area contributed by atoms with Crippen molar-refractivity contribution in [1.82, 2.24) is 5.32 Å². The number of nitrogens with one attached hydrogen (secondary N) is 1. The molecule has 1 aromatic rings. The summed E-state index contributed by atoms with van der Waals surface area (Å²) in [7, 11) is 0. The van der Waals surface area contributed by atoms with Crippen molar-refractivity contribution >= 4 is 0 Å². The molecule has 0 saturated carbocycles. The maximum absolute atomic E-state index is 9.74. The topological polar surface area (TPSA) is 41.5 Å². The molecule has 0 aliphatic carbocycles. The molecule has 0 saturated heterocycles. The van der Waals surface area contributed by atoms with Crippen LogP contribution in [0.25, 0.3) is 0 Å². The second-order valence-electron chi connectivity index (χ2n) is 4.47. The molecule has 2 N–H and O–H groups in total. The quantitative estimate of drug-likeness (QED) is 0.527. The van der Waals surface area contributed by atoms with Crippen molar-refractivity contribution in [3.63, 3.8) is 0 Å². The van der Waals surface area contributed by atoms with Gasteiger partial charge in [0.2, 0.25) is 0 Å². The Labute approximate surface area is 116 Å². The van der Waals surface area contributed by atoms with Crippen LogP contribution in [0.3, 0.4) is 0 Å². The zero-order valence-corrected chi connectivity index (χ0v) is 11.6. The van der Waals surface area contributed by atoms with Crippen molar-refractivity contribution in [1.29, 1.82) is 0 Å². The van der Waals surface area contributed by atoms with E-state index in [1.807, 2.05) is 24.3 Å². The fraction of sp³-hybridized carbons (Fsp3) is 0.500. The van der Waals surface area contributed by atoms with Crippen molar-refractivity contribution in [3.8, 4) is 18.1 Å². The molecular weight excluding hydrogens is 238 g/mol. The molecule has 0 bridgehead atoms. The van der Waals surface area contributed by atoms with Gasteiger partial charge in [-0.2, -0.15) is 0 Å². The van der Waals surface area contributed by atoms with Crippen LogP contribution >= 0.6 is 0 Å². The Balaban J connectivity index is 2.15. The molecule has 3 nitrogen and oxygen atoms in total. The van der Waals surface area contributed by atoms with E-state index in [1.165, 1.54) is 5.56 Å². The van der Waals surface area contributed by atoms with Gasteiger partial charge in [-0.05, 0) is 37.1 Å². The van der Waals surface area contributed by atoms with E-state index in [4.69, 9.17) is 11.2 Å². The summed E-state index contributed by atoms with van der Waals surface area (Å²) < 4.78 is 5.52. The van der Waals surface area contributed by atoms with Crippen LogP contribution in [0.5, 0.6) is 5.75 Å². The van der Waals surface area contributed by atoms with Gasteiger partial charge < -0.3 is 15.2 Å². The lowest BCUT2D eigenvalue weighted by atomic mass is 10.2. The van der Waals surface area contributed by atoms with Gasteiger partial charge in [-0.15, -0.1) is 12.3 Å². The van der Waals surface area contributed by atoms with Gasteiger partial charge in [0.1, 0.15) is 18.5 Å². The van der Waals surface area contributed by atoms with Crippen LogP contribution in [-0.4, -0.2) is 30.9 Å². The van der Waals surface area contributed by atoms with E-state index in [0.29, 0.717) is 13.2 Å². The lowest BCUT2D eigenvalue weighted by molar-refractivity contribution is 0.106. The van der Waals surface area contributed by atoms with Crippen LogP contribution in [0, 0.1) is 12.3 Å². The Bertz CT molecular complexity index is 381. The summed E-state index contributed by atoms with van der Waals surface area (Å²) in [4.78, 5) is 0. The summed E-state index contributed by atoms with van der Waals surface area (Å²) in [5.41, 5.74) is 1.28. The van der Waals surface area contributed by atoms with Crippen LogP contribution in [-0.2, 0) is 6.42 Å². The first kappa shape index (κ1) is 15.6. The van der Waals surface area contributed by atoms with Crippen molar-refractivity contribution in [3.05, 3.63) is 29.8 Å². The third-order valence-corrected chi connectivity index (χ3v) is 2.83. The predicted molar refractivity (Wildman–Crippen MR) is 78.3 cm³/mol. The molecule has 1 rings (SSSR count). The Kier molecular flexibility index (Phi) is 7.72. The minimum atomic E-state index is -0.503. The number of benzene rings is 1. The van der Waals surface area contributed by atoms with Gasteiger partial charge >= 0.3 is 0 Å². The van der Waals surface area contributed by atoms with Gasteiger partial charge in [-0.1, -0.05) is 19.1 Å². The third-order valence-electron chi connectivity index (χ3n) is 2.83. The standard InChI is InChI=1S/C16H23NO2/c1-3-5-6-11-17-12-15(18)13-19-16-9-7-14(4-2)8-10-16/h1,7-10,15,17-18H,4-6,11-13H2,2H3. The lowest BCUT2D eigenvalue weighted by Crippen LogP contribution is -2.31. The monoisotopic (exact) mass is 261 g/mol. The van der Waals surface area contributed by atoms with Crippen molar-refractivity contribution in [2.45, 2.75) is 32.3 Å². The zero-order chi connectivity index (χ0) is 13.9. The molecule has 104 valence electrons. The second kappa shape index (κ2) is 9.43. The second-order valence-corrected chi connectivity index (χ2v) is 4.47. The predicted octanol–water partition coefficient (Wildman–Crippen LogP) is 1.99. The average Bonchev–Trinajstić information content (AvgIpc) is 2.45. The Morgan fingerprint density at radius 3 is 2.74 bits per heavy atom. The van der Waals surface area contributed by atoms with Gasteiger partial charge in [0.05, 0.1) is 0 Å². The van der Waals surface area contributed by atoms with Crippen LogP contribution in [0.15, 0.2) is 24.3 Å². The maximum Gasteiger partial charge on any atom is 0.119 e. The zero-order valence-electron chi connectivity index (χ0n) is 11.6. The molecule has 1 aromatic carbocycles. The van der Waals surface area contributed by atoms with E-state index in [9.17, 15) is 5.11 Å². The molecule has 3 heteroatoms. The number of aliphatic hydroxyl groups excluding tert-OH is 1. The van der Waals surface area contributed by atoms with E-state index >= 15 is 0 Å². The Morgan fingerprint density at radius 2 is 2.11 bits per heavy atom. The number of aryl methyl sites for hydroxylation is 1. The number of ether oxygens (including phenoxy) is 1. The van der Waals surface area contributed by atoms with E-state index in [0.717, 1.165) is 31.6 Å². The van der Waals surface area contributed by atoms with Crippen molar-refractivity contribution < 1.29 is 9.84 Å². The SMILES string of the molecule is C#CCCCNCC(O)COc1ccc(CC)cc1. The molecular formula is C16H23NO2. The molecule has 0 fully saturated rings. The summed E-state index contributed by atoms with van der Waals surface area (Å²) in [6.45, 7) is 3.77. The van der Waals surface area contributed by atoms with Gasteiger partial charge in [0, 0.05) is 13.0 Å². The van der Waals surface area contributed by atoms with Gasteiger partial charge in [0.15, 0.2) is 0 Å². The minimum Gasteiger partial charge on any atom is -0.491 e. The highest BCUT2D eigenvalue weighted by Gasteiger charge is 2.04. The minimum absolute atomic E-state index is 0.299. The van der Waals surface area contributed by atoms with Gasteiger partial charge in [-0.3, -0.25) is 0 Å². The highest BCUT2D eigenvalue weighted by molar-refractivity contribution is 5.27. The first-order chi connectivity index (χ1) is 9.26. The largest absolute Gasteiger partial charge is 0.491 e. The molecule has 0 aliphatic rings. The molecule has 0 heterocycles. The molecule has 0 aromatic heterocycles. The van der Waals surface area contributed by atoms with Crippen LogP contribution in [0.1, 0.15) is 25.3 Å². The van der Waals surface area contributed by atoms with E-state index < -0.39 is 6.10 Å². The van der Waals surface area contributed by atoms with Crippen LogP contribution < -0.4 is 10.1 Å². The summed E-state index contributed by atoms with van der Waals surface area (Å²) in [5, 5.41) is 12.9. The fourth-order valence-corrected chi connectivity index (χ4v) is 1.66. The van der Waals surface area contributed by atoms with Gasteiger partial charge in [-0.25, -0.2) is 0 Å². The summed E-state index contributed by atoms with van der Waals surface area (Å²) in [6.07, 6.45) is 7.37. The molecule has 0 aliphatic heterocycles. The normalized spacial score (nSPS) is 11.8. The molecule has 19 heavy (non-hydrogen) atoms. The van der Waals surface area contributed by atoms with Crippen LogP contribution in [0.2, 0.25) is 0 Å². The molecule has 1 atom stereocenters. The van der Waals surface area contributed by atoms with Crippen molar-refractivity contribution in [2.75, 3.05) is 19.7 Å². The summed E-state index contributed by atoms with van der Waals surface area (Å²) in [6, 6.07) is 7.96. The molecule has 0 amide bonds. The Hall–Kier alpha value is -1.50. The number of terminal acetylenes is 1. The van der Waals surface area contributed by atoms with Crippen molar-refractivity contribution in [2.24, 2.45) is 0 Å². The highest BCUT2D eigenvalue weighted by atomic mass is 16.5. The molecule has 0 radical (unpaired) electrons. The average molecular weight is 261 g/mol. The third kappa shape index (κ3) is 6.85. The molecule has 0 spiro atoms. The number of hydrogen-bond acceptors (Lipinski definition) is 3. The first-order valence-electron chi connectivity index (χ1n) is 6.80. The smallest absolute Gasteiger partial charge is 0.119 e. The first-order valence-corrected chi connectivity index (χ1v) is 6.80. The van der Waals surface area contributed by atoms with Gasteiger partial charge in [0.25, 0.3) is 0 Å². The summed E-state index contributed by atoms with van der Waals surface area (Å²) >= 11 is 0. The lowest BCUT2D eigenvalue weighted by Gasteiger charge is -2.13.